The molecule has 0 unspecified atom stereocenters. The van der Waals surface area contributed by atoms with Crippen molar-refractivity contribution in [3.05, 3.63) is 11.3 Å². The van der Waals surface area contributed by atoms with Crippen LogP contribution < -0.4 is 0 Å². The van der Waals surface area contributed by atoms with Crippen molar-refractivity contribution >= 4 is 0 Å². The lowest BCUT2D eigenvalue weighted by Gasteiger charge is -1.91. The minimum Gasteiger partial charge on any atom is -0.512 e. The molecule has 1 fully saturated rings. The summed E-state index contributed by atoms with van der Waals surface area (Å²) < 4.78 is 0. The van der Waals surface area contributed by atoms with E-state index >= 15 is 0 Å². The van der Waals surface area contributed by atoms with Crippen LogP contribution in [0.25, 0.3) is 0 Å². The fraction of sp³-hybridized carbons (Fsp3) is 0.714. The molecule has 1 aliphatic carbocycles. The quantitative estimate of drug-likeness (QED) is 0.544. The van der Waals surface area contributed by atoms with Gasteiger partial charge < -0.3 is 5.11 Å². The molecule has 1 saturated carbocycles. The molecule has 0 aliphatic heterocycles. The van der Waals surface area contributed by atoms with Crippen LogP contribution in [-0.2, 0) is 0 Å². The molecule has 0 atom stereocenters. The van der Waals surface area contributed by atoms with Crippen LogP contribution in [0.1, 0.15) is 32.6 Å². The minimum atomic E-state index is 0.660. The molecule has 1 heteroatoms. The Kier molecular flexibility index (Phi) is 1.56. The van der Waals surface area contributed by atoms with E-state index in [9.17, 15) is 0 Å². The molecule has 0 aromatic heterocycles. The van der Waals surface area contributed by atoms with Gasteiger partial charge in [0.05, 0.1) is 5.76 Å². The monoisotopic (exact) mass is 112 g/mol. The van der Waals surface area contributed by atoms with Crippen molar-refractivity contribution in [1.82, 2.24) is 0 Å². The van der Waals surface area contributed by atoms with Gasteiger partial charge in [-0.3, -0.25) is 0 Å². The third kappa shape index (κ3) is 1.25. The Morgan fingerprint density at radius 2 is 2.25 bits per heavy atom. The first-order valence-electron chi connectivity index (χ1n) is 3.24. The Bertz CT molecular complexity index is 108. The second-order valence-corrected chi connectivity index (χ2v) is 2.30. The molecule has 0 aromatic rings. The van der Waals surface area contributed by atoms with E-state index in [1.165, 1.54) is 5.57 Å². The molecule has 8 heavy (non-hydrogen) atoms. The first-order valence-corrected chi connectivity index (χ1v) is 3.24. The van der Waals surface area contributed by atoms with Crippen LogP contribution in [0.5, 0.6) is 0 Å². The normalized spacial score (nSPS) is 16.4. The topological polar surface area (TPSA) is 20.2 Å². The molecule has 1 nitrogen and oxygen atoms in total. The molecule has 0 spiro atoms. The van der Waals surface area contributed by atoms with Crippen LogP contribution >= 0.6 is 0 Å². The molecular weight excluding hydrogens is 100 g/mol. The molecule has 0 heterocycles. The van der Waals surface area contributed by atoms with E-state index < -0.39 is 0 Å². The van der Waals surface area contributed by atoms with E-state index in [1.807, 2.05) is 0 Å². The summed E-state index contributed by atoms with van der Waals surface area (Å²) in [6, 6.07) is 0. The smallest absolute Gasteiger partial charge is 0.0914 e. The average molecular weight is 112 g/mol. The van der Waals surface area contributed by atoms with Gasteiger partial charge in [-0.2, -0.15) is 0 Å². The van der Waals surface area contributed by atoms with E-state index in [4.69, 9.17) is 5.11 Å². The third-order valence-corrected chi connectivity index (χ3v) is 1.39. The minimum absolute atomic E-state index is 0.660. The lowest BCUT2D eigenvalue weighted by molar-refractivity contribution is 0.383. The summed E-state index contributed by atoms with van der Waals surface area (Å²) in [5, 5.41) is 9.07. The van der Waals surface area contributed by atoms with Gasteiger partial charge in [0.25, 0.3) is 0 Å². The molecule has 46 valence electrons. The second kappa shape index (κ2) is 2.21. The van der Waals surface area contributed by atoms with Crippen LogP contribution in [0, 0.1) is 0 Å². The second-order valence-electron chi connectivity index (χ2n) is 2.30. The van der Waals surface area contributed by atoms with Gasteiger partial charge in [0.2, 0.25) is 0 Å². The van der Waals surface area contributed by atoms with E-state index in [0.29, 0.717) is 5.76 Å². The molecule has 1 aliphatic rings. The van der Waals surface area contributed by atoms with Gasteiger partial charge in [-0.05, 0) is 24.8 Å². The maximum absolute atomic E-state index is 9.07. The molecular formula is C7H12O. The van der Waals surface area contributed by atoms with Crippen LogP contribution in [0.2, 0.25) is 0 Å². The van der Waals surface area contributed by atoms with Gasteiger partial charge in [-0.1, -0.05) is 6.92 Å². The summed E-state index contributed by atoms with van der Waals surface area (Å²) in [5.41, 5.74) is 1.28. The lowest BCUT2D eigenvalue weighted by Crippen LogP contribution is -1.77. The molecule has 1 N–H and O–H groups in total. The van der Waals surface area contributed by atoms with Crippen molar-refractivity contribution in [3.8, 4) is 0 Å². The zero-order valence-corrected chi connectivity index (χ0v) is 5.28. The van der Waals surface area contributed by atoms with Gasteiger partial charge in [0, 0.05) is 6.42 Å². The Balaban J connectivity index is 2.33. The molecule has 0 aromatic carbocycles. The van der Waals surface area contributed by atoms with Crippen LogP contribution in [0.4, 0.5) is 0 Å². The van der Waals surface area contributed by atoms with E-state index in [0.717, 1.165) is 25.7 Å². The molecule has 0 bridgehead atoms. The fourth-order valence-electron chi connectivity index (χ4n) is 0.765. The maximum Gasteiger partial charge on any atom is 0.0914 e. The predicted molar refractivity (Wildman–Crippen MR) is 33.8 cm³/mol. The Labute approximate surface area is 50.0 Å². The summed E-state index contributed by atoms with van der Waals surface area (Å²) >= 11 is 0. The summed E-state index contributed by atoms with van der Waals surface area (Å²) in [5.74, 6) is 0.660. The maximum atomic E-state index is 9.07. The molecule has 0 radical (unpaired) electrons. The van der Waals surface area contributed by atoms with Crippen molar-refractivity contribution < 1.29 is 5.11 Å². The summed E-state index contributed by atoms with van der Waals surface area (Å²) in [6.45, 7) is 2.08. The highest BCUT2D eigenvalue weighted by Crippen LogP contribution is 2.31. The van der Waals surface area contributed by atoms with Gasteiger partial charge >= 0.3 is 0 Å². The third-order valence-electron chi connectivity index (χ3n) is 1.39. The van der Waals surface area contributed by atoms with E-state index in [1.54, 1.807) is 0 Å². The van der Waals surface area contributed by atoms with Crippen LogP contribution in [-0.4, -0.2) is 5.11 Å². The zero-order chi connectivity index (χ0) is 5.98. The van der Waals surface area contributed by atoms with Crippen LogP contribution in [0.15, 0.2) is 11.3 Å². The summed E-state index contributed by atoms with van der Waals surface area (Å²) in [4.78, 5) is 0. The van der Waals surface area contributed by atoms with Crippen molar-refractivity contribution in [2.24, 2.45) is 0 Å². The number of hydrogen-bond acceptors (Lipinski definition) is 1. The van der Waals surface area contributed by atoms with E-state index in [-0.39, 0.29) is 0 Å². The summed E-state index contributed by atoms with van der Waals surface area (Å²) in [7, 11) is 0. The SMILES string of the molecule is CCCC(O)=C1CC1. The van der Waals surface area contributed by atoms with Crippen LogP contribution in [0.3, 0.4) is 0 Å². The largest absolute Gasteiger partial charge is 0.512 e. The van der Waals surface area contributed by atoms with Crippen molar-refractivity contribution in [2.45, 2.75) is 32.6 Å². The first kappa shape index (κ1) is 5.67. The highest BCUT2D eigenvalue weighted by atomic mass is 16.3. The van der Waals surface area contributed by atoms with Gasteiger partial charge in [-0.15, -0.1) is 0 Å². The highest BCUT2D eigenvalue weighted by Gasteiger charge is 2.15. The Morgan fingerprint density at radius 1 is 1.62 bits per heavy atom. The molecule has 1 rings (SSSR count). The number of aliphatic hydroxyl groups excluding tert-OH is 1. The van der Waals surface area contributed by atoms with E-state index in [2.05, 4.69) is 6.92 Å². The highest BCUT2D eigenvalue weighted by molar-refractivity contribution is 5.19. The molecule has 0 saturated heterocycles. The first-order chi connectivity index (χ1) is 3.84. The number of allylic oxidation sites excluding steroid dienone is 2. The van der Waals surface area contributed by atoms with Crippen molar-refractivity contribution in [3.63, 3.8) is 0 Å². The number of rotatable bonds is 2. The summed E-state index contributed by atoms with van der Waals surface area (Å²) in [6.07, 6.45) is 4.24. The molecule has 0 amide bonds. The number of hydrogen-bond donors (Lipinski definition) is 1. The Morgan fingerprint density at radius 3 is 2.62 bits per heavy atom. The number of aliphatic hydroxyl groups is 1. The zero-order valence-electron chi connectivity index (χ0n) is 5.28. The van der Waals surface area contributed by atoms with Gasteiger partial charge in [0.15, 0.2) is 0 Å². The van der Waals surface area contributed by atoms with Gasteiger partial charge in [-0.25, -0.2) is 0 Å². The van der Waals surface area contributed by atoms with Crippen molar-refractivity contribution in [1.29, 1.82) is 0 Å². The fourth-order valence-corrected chi connectivity index (χ4v) is 0.765. The standard InChI is InChI=1S/C7H12O/c1-2-3-7(8)6-4-5-6/h8H,2-5H2,1H3. The van der Waals surface area contributed by atoms with Crippen molar-refractivity contribution in [2.75, 3.05) is 0 Å². The van der Waals surface area contributed by atoms with Gasteiger partial charge in [0.1, 0.15) is 0 Å². The average Bonchev–Trinajstić information content (AvgIpc) is 2.45. The predicted octanol–water partition coefficient (Wildman–Crippen LogP) is 2.39. The Hall–Kier alpha value is -0.460. The lowest BCUT2D eigenvalue weighted by atomic mass is 10.3.